The van der Waals surface area contributed by atoms with E-state index in [1.54, 1.807) is 54.6 Å². The molecule has 154 valence electrons. The smallest absolute Gasteiger partial charge is 0.281 e. The predicted molar refractivity (Wildman–Crippen MR) is 123 cm³/mol. The number of carbonyl (C=O) groups is 1. The summed E-state index contributed by atoms with van der Waals surface area (Å²) in [4.78, 5) is 13.0. The van der Waals surface area contributed by atoms with E-state index in [2.05, 4.69) is 26.5 Å². The maximum Gasteiger partial charge on any atom is 0.281 e. The van der Waals surface area contributed by atoms with Gasteiger partial charge in [-0.15, -0.1) is 0 Å². The zero-order chi connectivity index (χ0) is 21.7. The van der Waals surface area contributed by atoms with Gasteiger partial charge in [-0.3, -0.25) is 4.79 Å². The minimum absolute atomic E-state index is 0.449. The van der Waals surface area contributed by atoms with Crippen LogP contribution in [0.4, 0.5) is 0 Å². The van der Waals surface area contributed by atoms with E-state index >= 15 is 0 Å². The molecule has 4 aromatic rings. The van der Waals surface area contributed by atoms with E-state index in [9.17, 15) is 9.90 Å². The van der Waals surface area contributed by atoms with Gasteiger partial charge in [-0.05, 0) is 35.4 Å². The van der Waals surface area contributed by atoms with E-state index in [0.29, 0.717) is 22.6 Å². The second-order valence-corrected chi connectivity index (χ2v) is 7.77. The summed E-state index contributed by atoms with van der Waals surface area (Å²) in [6.07, 6.45) is 1.40. The number of amides is 1. The van der Waals surface area contributed by atoms with Crippen LogP contribution >= 0.6 is 15.9 Å². The monoisotopic (exact) mass is 474 g/mol. The molecule has 0 saturated carbocycles. The van der Waals surface area contributed by atoms with Crippen LogP contribution in [-0.4, -0.2) is 17.2 Å². The Morgan fingerprint density at radius 2 is 1.45 bits per heavy atom. The van der Waals surface area contributed by atoms with Crippen LogP contribution in [0.3, 0.4) is 0 Å². The number of halogens is 1. The van der Waals surface area contributed by atoms with Crippen molar-refractivity contribution in [3.05, 3.63) is 118 Å². The van der Waals surface area contributed by atoms with Crippen molar-refractivity contribution in [2.24, 2.45) is 5.10 Å². The van der Waals surface area contributed by atoms with Gasteiger partial charge in [-0.25, -0.2) is 5.43 Å². The molecule has 0 atom stereocenters. The lowest BCUT2D eigenvalue weighted by atomic mass is 9.85. The molecule has 1 aromatic heterocycles. The van der Waals surface area contributed by atoms with Crippen LogP contribution in [0.25, 0.3) is 11.3 Å². The van der Waals surface area contributed by atoms with Gasteiger partial charge >= 0.3 is 0 Å². The molecule has 0 aliphatic rings. The number of hydrazone groups is 1. The molecule has 4 rings (SSSR count). The zero-order valence-electron chi connectivity index (χ0n) is 16.4. The summed E-state index contributed by atoms with van der Waals surface area (Å²) in [6, 6.07) is 28.9. The van der Waals surface area contributed by atoms with E-state index < -0.39 is 11.5 Å². The zero-order valence-corrected chi connectivity index (χ0v) is 18.0. The summed E-state index contributed by atoms with van der Waals surface area (Å²) in [6.45, 7) is 0. The van der Waals surface area contributed by atoms with Crippen molar-refractivity contribution in [3.63, 3.8) is 0 Å². The van der Waals surface area contributed by atoms with Crippen LogP contribution in [0.1, 0.15) is 16.9 Å². The minimum atomic E-state index is -1.88. The van der Waals surface area contributed by atoms with E-state index in [4.69, 9.17) is 4.42 Å². The van der Waals surface area contributed by atoms with Crippen molar-refractivity contribution in [1.29, 1.82) is 0 Å². The Hall–Kier alpha value is -3.48. The number of nitrogens with zero attached hydrogens (tertiary/aromatic N) is 1. The minimum Gasteiger partial charge on any atom is -0.455 e. The van der Waals surface area contributed by atoms with Crippen LogP contribution in [0.15, 0.2) is 111 Å². The van der Waals surface area contributed by atoms with Crippen LogP contribution in [-0.2, 0) is 10.4 Å². The fourth-order valence-corrected chi connectivity index (χ4v) is 3.48. The number of benzene rings is 3. The molecule has 0 aliphatic heterocycles. The standard InChI is InChI=1S/C25H19BrN2O3/c26-21-13-11-18(12-14-21)23-16-15-22(31-23)17-27-28-24(29)25(30,19-7-3-1-4-8-19)20-9-5-2-6-10-20/h1-17,30H,(H,28,29)/b27-17-. The summed E-state index contributed by atoms with van der Waals surface area (Å²) in [5.74, 6) is 0.493. The molecular formula is C25H19BrN2O3. The number of rotatable bonds is 6. The summed E-state index contributed by atoms with van der Waals surface area (Å²) in [5.41, 5.74) is 2.38. The normalized spacial score (nSPS) is 11.5. The first-order valence-corrected chi connectivity index (χ1v) is 10.4. The van der Waals surface area contributed by atoms with E-state index in [-0.39, 0.29) is 0 Å². The van der Waals surface area contributed by atoms with Crippen LogP contribution in [0, 0.1) is 0 Å². The number of nitrogens with one attached hydrogen (secondary N) is 1. The highest BCUT2D eigenvalue weighted by atomic mass is 79.9. The maximum atomic E-state index is 13.0. The van der Waals surface area contributed by atoms with Crippen molar-refractivity contribution < 1.29 is 14.3 Å². The molecule has 0 fully saturated rings. The summed E-state index contributed by atoms with van der Waals surface area (Å²) in [5, 5.41) is 15.4. The molecule has 1 amide bonds. The Bertz CT molecular complexity index is 1150. The van der Waals surface area contributed by atoms with Gasteiger partial charge in [0.2, 0.25) is 0 Å². The lowest BCUT2D eigenvalue weighted by Gasteiger charge is -2.26. The molecule has 0 unspecified atom stereocenters. The quantitative estimate of drug-likeness (QED) is 0.301. The Morgan fingerprint density at radius 3 is 2.03 bits per heavy atom. The molecule has 0 spiro atoms. The molecule has 0 radical (unpaired) electrons. The molecule has 0 aliphatic carbocycles. The van der Waals surface area contributed by atoms with Gasteiger partial charge in [0.1, 0.15) is 11.5 Å². The fourth-order valence-electron chi connectivity index (χ4n) is 3.21. The van der Waals surface area contributed by atoms with Crippen molar-refractivity contribution in [1.82, 2.24) is 5.43 Å². The Balaban J connectivity index is 1.54. The lowest BCUT2D eigenvalue weighted by molar-refractivity contribution is -0.136. The summed E-state index contributed by atoms with van der Waals surface area (Å²) in [7, 11) is 0. The molecule has 1 heterocycles. The average molecular weight is 475 g/mol. The highest BCUT2D eigenvalue weighted by Crippen LogP contribution is 2.30. The number of aliphatic hydroxyl groups is 1. The molecule has 5 nitrogen and oxygen atoms in total. The van der Waals surface area contributed by atoms with E-state index in [1.165, 1.54) is 6.21 Å². The Labute approximate surface area is 188 Å². The van der Waals surface area contributed by atoms with Gasteiger partial charge in [0.05, 0.1) is 6.21 Å². The first kappa shape index (κ1) is 20.8. The van der Waals surface area contributed by atoms with Gasteiger partial charge in [-0.1, -0.05) is 88.7 Å². The molecule has 6 heteroatoms. The molecular weight excluding hydrogens is 456 g/mol. The fraction of sp³-hybridized carbons (Fsp3) is 0.0400. The Kier molecular flexibility index (Phi) is 6.11. The third-order valence-corrected chi connectivity index (χ3v) is 5.35. The van der Waals surface area contributed by atoms with Gasteiger partial charge < -0.3 is 9.52 Å². The third-order valence-electron chi connectivity index (χ3n) is 4.83. The third kappa shape index (κ3) is 4.50. The number of carbonyl (C=O) groups excluding carboxylic acids is 1. The molecule has 31 heavy (non-hydrogen) atoms. The second kappa shape index (κ2) is 9.12. The molecule has 0 saturated heterocycles. The van der Waals surface area contributed by atoms with Crippen molar-refractivity contribution in [2.75, 3.05) is 0 Å². The van der Waals surface area contributed by atoms with E-state index in [1.807, 2.05) is 42.5 Å². The van der Waals surface area contributed by atoms with Gasteiger partial charge in [0, 0.05) is 10.0 Å². The van der Waals surface area contributed by atoms with Gasteiger partial charge in [0.15, 0.2) is 5.60 Å². The molecule has 0 bridgehead atoms. The van der Waals surface area contributed by atoms with Crippen molar-refractivity contribution in [3.8, 4) is 11.3 Å². The predicted octanol–water partition coefficient (Wildman–Crippen LogP) is 5.10. The largest absolute Gasteiger partial charge is 0.455 e. The topological polar surface area (TPSA) is 74.8 Å². The van der Waals surface area contributed by atoms with Crippen LogP contribution in [0.2, 0.25) is 0 Å². The Morgan fingerprint density at radius 1 is 0.871 bits per heavy atom. The first-order chi connectivity index (χ1) is 15.1. The van der Waals surface area contributed by atoms with Gasteiger partial charge in [-0.2, -0.15) is 5.10 Å². The number of furan rings is 1. The number of hydrogen-bond acceptors (Lipinski definition) is 4. The second-order valence-electron chi connectivity index (χ2n) is 6.85. The highest BCUT2D eigenvalue weighted by Gasteiger charge is 2.39. The SMILES string of the molecule is O=C(N/N=C\c1ccc(-c2ccc(Br)cc2)o1)C(O)(c1ccccc1)c1ccccc1. The van der Waals surface area contributed by atoms with Crippen molar-refractivity contribution >= 4 is 28.1 Å². The highest BCUT2D eigenvalue weighted by molar-refractivity contribution is 9.10. The summed E-state index contributed by atoms with van der Waals surface area (Å²) >= 11 is 3.41. The van der Waals surface area contributed by atoms with Crippen molar-refractivity contribution in [2.45, 2.75) is 5.60 Å². The number of hydrogen-bond donors (Lipinski definition) is 2. The van der Waals surface area contributed by atoms with Gasteiger partial charge in [0.25, 0.3) is 5.91 Å². The van der Waals surface area contributed by atoms with E-state index in [0.717, 1.165) is 10.0 Å². The van der Waals surface area contributed by atoms with Crippen LogP contribution < -0.4 is 5.43 Å². The lowest BCUT2D eigenvalue weighted by Crippen LogP contribution is -2.43. The van der Waals surface area contributed by atoms with Crippen LogP contribution in [0.5, 0.6) is 0 Å². The maximum absolute atomic E-state index is 13.0. The summed E-state index contributed by atoms with van der Waals surface area (Å²) < 4.78 is 6.75. The average Bonchev–Trinajstić information content (AvgIpc) is 3.29. The molecule has 3 aromatic carbocycles. The first-order valence-electron chi connectivity index (χ1n) is 9.60. The molecule has 2 N–H and O–H groups in total.